The van der Waals surface area contributed by atoms with Gasteiger partial charge in [-0.25, -0.2) is 9.78 Å². The summed E-state index contributed by atoms with van der Waals surface area (Å²) in [7, 11) is 0. The van der Waals surface area contributed by atoms with Crippen LogP contribution in [0.5, 0.6) is 0 Å². The number of carboxylic acids is 1. The number of carbonyl (C=O) groups excluding carboxylic acids is 1. The molecule has 0 aliphatic carbocycles. The summed E-state index contributed by atoms with van der Waals surface area (Å²) < 4.78 is 0. The third-order valence-corrected chi connectivity index (χ3v) is 4.50. The van der Waals surface area contributed by atoms with Gasteiger partial charge in [-0.2, -0.15) is 0 Å². The first-order valence-electron chi connectivity index (χ1n) is 7.75. The molecule has 0 bridgehead atoms. The van der Waals surface area contributed by atoms with Gasteiger partial charge in [0.05, 0.1) is 16.8 Å². The van der Waals surface area contributed by atoms with E-state index >= 15 is 0 Å². The number of carbonyl (C=O) groups is 2. The van der Waals surface area contributed by atoms with Crippen molar-refractivity contribution in [3.05, 3.63) is 60.2 Å². The number of aromatic amines is 1. The van der Waals surface area contributed by atoms with Crippen molar-refractivity contribution in [3.8, 4) is 0 Å². The molecular weight excluding hydrogens is 338 g/mol. The minimum atomic E-state index is -1.05. The largest absolute Gasteiger partial charge is 0.480 e. The summed E-state index contributed by atoms with van der Waals surface area (Å²) in [4.78, 5) is 31.0. The smallest absolute Gasteiger partial charge is 0.326 e. The molecule has 1 amide bonds. The monoisotopic (exact) mass is 355 g/mol. The number of imidazole rings is 1. The number of rotatable bonds is 7. The maximum absolute atomic E-state index is 12.1. The molecule has 3 aromatic rings. The molecule has 0 fully saturated rings. The number of fused-ring (bicyclic) bond motifs is 1. The number of nitrogens with zero attached hydrogens (tertiary/aromatic N) is 1. The number of amides is 1. The zero-order valence-electron chi connectivity index (χ0n) is 13.3. The topological polar surface area (TPSA) is 95.1 Å². The van der Waals surface area contributed by atoms with Crippen molar-refractivity contribution in [2.75, 3.05) is 5.75 Å². The van der Waals surface area contributed by atoms with E-state index in [1.54, 1.807) is 0 Å². The average molecular weight is 355 g/mol. The molecule has 0 aliphatic heterocycles. The number of aromatic nitrogens is 2. The van der Waals surface area contributed by atoms with E-state index in [2.05, 4.69) is 15.3 Å². The molecule has 0 saturated carbocycles. The summed E-state index contributed by atoms with van der Waals surface area (Å²) in [6.07, 6.45) is 0.247. The number of hydrogen-bond acceptors (Lipinski definition) is 4. The van der Waals surface area contributed by atoms with E-state index < -0.39 is 12.0 Å². The molecule has 1 heterocycles. The standard InChI is InChI=1S/C18H17N3O3S/c22-16(11-25-18-20-13-8-4-5-9-14(13)21-18)19-15(17(23)24)10-12-6-2-1-3-7-12/h1-9,15H,10-11H2,(H,19,22)(H,20,21)(H,23,24). The molecule has 2 aromatic carbocycles. The van der Waals surface area contributed by atoms with Crippen LogP contribution in [0.4, 0.5) is 0 Å². The molecule has 1 aromatic heterocycles. The van der Waals surface area contributed by atoms with Crippen molar-refractivity contribution < 1.29 is 14.7 Å². The van der Waals surface area contributed by atoms with Gasteiger partial charge in [-0.3, -0.25) is 4.79 Å². The molecule has 0 radical (unpaired) electrons. The highest BCUT2D eigenvalue weighted by Gasteiger charge is 2.20. The number of thioether (sulfide) groups is 1. The second-order valence-electron chi connectivity index (χ2n) is 5.50. The second kappa shape index (κ2) is 7.85. The Hall–Kier alpha value is -2.80. The molecule has 3 rings (SSSR count). The highest BCUT2D eigenvalue weighted by atomic mass is 32.2. The Balaban J connectivity index is 1.57. The number of benzene rings is 2. The number of carboxylic acid groups (broad SMARTS) is 1. The maximum atomic E-state index is 12.1. The van der Waals surface area contributed by atoms with Crippen molar-refractivity contribution in [1.82, 2.24) is 15.3 Å². The van der Waals surface area contributed by atoms with Crippen LogP contribution < -0.4 is 5.32 Å². The van der Waals surface area contributed by atoms with Crippen molar-refractivity contribution in [1.29, 1.82) is 0 Å². The van der Waals surface area contributed by atoms with Gasteiger partial charge in [0, 0.05) is 6.42 Å². The zero-order chi connectivity index (χ0) is 17.6. The van der Waals surface area contributed by atoms with Crippen LogP contribution in [-0.4, -0.2) is 38.7 Å². The summed E-state index contributed by atoms with van der Waals surface area (Å²) in [5.41, 5.74) is 2.59. The van der Waals surface area contributed by atoms with Crippen LogP contribution in [0.25, 0.3) is 11.0 Å². The fraction of sp³-hybridized carbons (Fsp3) is 0.167. The Bertz CT molecular complexity index is 846. The minimum absolute atomic E-state index is 0.0956. The fourth-order valence-corrected chi connectivity index (χ4v) is 3.11. The summed E-state index contributed by atoms with van der Waals surface area (Å²) >= 11 is 1.24. The molecule has 128 valence electrons. The van der Waals surface area contributed by atoms with Crippen molar-refractivity contribution in [2.45, 2.75) is 17.6 Å². The van der Waals surface area contributed by atoms with E-state index in [0.29, 0.717) is 5.16 Å². The van der Waals surface area contributed by atoms with Crippen LogP contribution in [0, 0.1) is 0 Å². The lowest BCUT2D eigenvalue weighted by Gasteiger charge is -2.14. The van der Waals surface area contributed by atoms with E-state index in [0.717, 1.165) is 16.6 Å². The fourth-order valence-electron chi connectivity index (χ4n) is 2.42. The summed E-state index contributed by atoms with van der Waals surface area (Å²) in [6.45, 7) is 0. The number of nitrogens with one attached hydrogen (secondary N) is 2. The Morgan fingerprint density at radius 3 is 2.56 bits per heavy atom. The predicted molar refractivity (Wildman–Crippen MR) is 96.5 cm³/mol. The van der Waals surface area contributed by atoms with Crippen molar-refractivity contribution >= 4 is 34.7 Å². The van der Waals surface area contributed by atoms with Gasteiger partial charge >= 0.3 is 5.97 Å². The number of H-pyrrole nitrogens is 1. The summed E-state index contributed by atoms with van der Waals surface area (Å²) in [5, 5.41) is 12.5. The molecule has 1 unspecified atom stereocenters. The van der Waals surface area contributed by atoms with Gasteiger partial charge < -0.3 is 15.4 Å². The van der Waals surface area contributed by atoms with E-state index in [-0.39, 0.29) is 18.1 Å². The lowest BCUT2D eigenvalue weighted by molar-refractivity contribution is -0.141. The van der Waals surface area contributed by atoms with Gasteiger partial charge in [0.15, 0.2) is 5.16 Å². The quantitative estimate of drug-likeness (QED) is 0.566. The second-order valence-corrected chi connectivity index (χ2v) is 6.46. The van der Waals surface area contributed by atoms with Crippen LogP contribution in [0.3, 0.4) is 0 Å². The molecule has 6 nitrogen and oxygen atoms in total. The Morgan fingerprint density at radius 2 is 1.84 bits per heavy atom. The van der Waals surface area contributed by atoms with Crippen molar-refractivity contribution in [3.63, 3.8) is 0 Å². The molecule has 1 atom stereocenters. The van der Waals surface area contributed by atoms with E-state index in [9.17, 15) is 14.7 Å². The number of aliphatic carboxylic acids is 1. The van der Waals surface area contributed by atoms with Gasteiger partial charge in [-0.15, -0.1) is 0 Å². The molecule has 0 aliphatic rings. The lowest BCUT2D eigenvalue weighted by Crippen LogP contribution is -2.43. The lowest BCUT2D eigenvalue weighted by atomic mass is 10.1. The average Bonchev–Trinajstić information content (AvgIpc) is 3.03. The SMILES string of the molecule is O=C(CSc1nc2ccccc2[nH]1)NC(Cc1ccccc1)C(=O)O. The van der Waals surface area contributed by atoms with Gasteiger partial charge in [-0.1, -0.05) is 54.2 Å². The van der Waals surface area contributed by atoms with Crippen LogP contribution >= 0.6 is 11.8 Å². The molecule has 3 N–H and O–H groups in total. The van der Waals surface area contributed by atoms with Gasteiger partial charge in [-0.05, 0) is 17.7 Å². The van der Waals surface area contributed by atoms with Crippen LogP contribution in [0.2, 0.25) is 0 Å². The summed E-state index contributed by atoms with van der Waals surface area (Å²) in [5.74, 6) is -1.29. The normalized spacial score (nSPS) is 12.0. The number of hydrogen-bond donors (Lipinski definition) is 3. The van der Waals surface area contributed by atoms with E-state index in [4.69, 9.17) is 0 Å². The molecular formula is C18H17N3O3S. The van der Waals surface area contributed by atoms with Crippen LogP contribution in [0.1, 0.15) is 5.56 Å². The van der Waals surface area contributed by atoms with Crippen molar-refractivity contribution in [2.24, 2.45) is 0 Å². The third-order valence-electron chi connectivity index (χ3n) is 3.62. The summed E-state index contributed by atoms with van der Waals surface area (Å²) in [6, 6.07) is 15.9. The van der Waals surface area contributed by atoms with E-state index in [1.165, 1.54) is 11.8 Å². The molecule has 7 heteroatoms. The van der Waals surface area contributed by atoms with Crippen LogP contribution in [-0.2, 0) is 16.0 Å². The minimum Gasteiger partial charge on any atom is -0.480 e. The molecule has 0 spiro atoms. The zero-order valence-corrected chi connectivity index (χ0v) is 14.1. The third kappa shape index (κ3) is 4.60. The Morgan fingerprint density at radius 1 is 1.12 bits per heavy atom. The Labute approximate surface area is 148 Å². The maximum Gasteiger partial charge on any atom is 0.326 e. The first kappa shape index (κ1) is 17.0. The highest BCUT2D eigenvalue weighted by molar-refractivity contribution is 7.99. The first-order chi connectivity index (χ1) is 12.1. The molecule has 25 heavy (non-hydrogen) atoms. The first-order valence-corrected chi connectivity index (χ1v) is 8.74. The predicted octanol–water partition coefficient (Wildman–Crippen LogP) is 2.47. The number of para-hydroxylation sites is 2. The highest BCUT2D eigenvalue weighted by Crippen LogP contribution is 2.18. The van der Waals surface area contributed by atoms with Crippen LogP contribution in [0.15, 0.2) is 59.8 Å². The molecule has 0 saturated heterocycles. The van der Waals surface area contributed by atoms with Gasteiger partial charge in [0.2, 0.25) is 5.91 Å². The van der Waals surface area contributed by atoms with Gasteiger partial charge in [0.1, 0.15) is 6.04 Å². The Kier molecular flexibility index (Phi) is 5.35. The van der Waals surface area contributed by atoms with E-state index in [1.807, 2.05) is 54.6 Å². The van der Waals surface area contributed by atoms with Gasteiger partial charge in [0.25, 0.3) is 0 Å².